The Morgan fingerprint density at radius 1 is 1.39 bits per heavy atom. The average molecular weight is 308 g/mol. The molecule has 2 aromatic rings. The van der Waals surface area contributed by atoms with Gasteiger partial charge in [-0.15, -0.1) is 0 Å². The molecule has 4 nitrogen and oxygen atoms in total. The van der Waals surface area contributed by atoms with Gasteiger partial charge in [-0.25, -0.2) is 9.37 Å². The van der Waals surface area contributed by atoms with Crippen LogP contribution in [-0.4, -0.2) is 9.97 Å². The summed E-state index contributed by atoms with van der Waals surface area (Å²) < 4.78 is 19.4. The zero-order valence-electron chi connectivity index (χ0n) is 9.10. The van der Waals surface area contributed by atoms with E-state index in [9.17, 15) is 4.39 Å². The second kappa shape index (κ2) is 5.56. The average Bonchev–Trinajstić information content (AvgIpc) is 2.37. The molecule has 0 aliphatic rings. The van der Waals surface area contributed by atoms with E-state index in [0.717, 1.165) is 0 Å². The number of hydrogen-bond acceptors (Lipinski definition) is 4. The van der Waals surface area contributed by atoms with E-state index in [0.29, 0.717) is 10.2 Å². The number of ether oxygens (including phenoxy) is 1. The molecule has 2 rings (SSSR count). The fraction of sp³-hybridized carbons (Fsp3) is 0.0833. The van der Waals surface area contributed by atoms with E-state index in [2.05, 4.69) is 25.9 Å². The van der Waals surface area contributed by atoms with Crippen molar-refractivity contribution >= 4 is 15.9 Å². The minimum Gasteiger partial charge on any atom is -0.458 e. The molecule has 0 spiro atoms. The summed E-state index contributed by atoms with van der Waals surface area (Å²) >= 11 is 3.18. The molecule has 0 atom stereocenters. The van der Waals surface area contributed by atoms with Gasteiger partial charge in [-0.2, -0.15) is 10.2 Å². The van der Waals surface area contributed by atoms with Crippen LogP contribution in [-0.2, 0) is 6.61 Å². The predicted molar refractivity (Wildman–Crippen MR) is 65.2 cm³/mol. The molecule has 0 fully saturated rings. The Labute approximate surface area is 111 Å². The second-order valence-electron chi connectivity index (χ2n) is 3.37. The minimum absolute atomic E-state index is 0.00793. The first-order valence-electron chi connectivity index (χ1n) is 4.99. The Hall–Kier alpha value is -2.00. The van der Waals surface area contributed by atoms with Crippen molar-refractivity contribution in [2.24, 2.45) is 0 Å². The molecule has 0 aliphatic heterocycles. The lowest BCUT2D eigenvalue weighted by molar-refractivity contribution is 0.274. The van der Waals surface area contributed by atoms with Crippen molar-refractivity contribution in [1.29, 1.82) is 5.26 Å². The van der Waals surface area contributed by atoms with Crippen LogP contribution in [0.25, 0.3) is 0 Å². The largest absolute Gasteiger partial charge is 0.458 e. The highest BCUT2D eigenvalue weighted by atomic mass is 79.9. The maximum absolute atomic E-state index is 13.5. The fourth-order valence-corrected chi connectivity index (χ4v) is 1.54. The van der Waals surface area contributed by atoms with E-state index in [1.165, 1.54) is 24.4 Å². The van der Waals surface area contributed by atoms with Gasteiger partial charge in [0.05, 0.1) is 11.6 Å². The monoisotopic (exact) mass is 307 g/mol. The molecule has 6 heteroatoms. The second-order valence-corrected chi connectivity index (χ2v) is 4.18. The zero-order chi connectivity index (χ0) is 13.0. The van der Waals surface area contributed by atoms with E-state index in [4.69, 9.17) is 10.00 Å². The van der Waals surface area contributed by atoms with Crippen LogP contribution in [0.4, 0.5) is 4.39 Å². The van der Waals surface area contributed by atoms with Crippen LogP contribution in [0.2, 0.25) is 0 Å². The normalized spacial score (nSPS) is 9.83. The van der Waals surface area contributed by atoms with Crippen molar-refractivity contribution in [1.82, 2.24) is 9.97 Å². The minimum atomic E-state index is -0.482. The van der Waals surface area contributed by atoms with Crippen molar-refractivity contribution < 1.29 is 9.13 Å². The van der Waals surface area contributed by atoms with Crippen molar-refractivity contribution in [2.75, 3.05) is 0 Å². The standard InChI is InChI=1S/C12H7BrFN3O/c13-11-3-4-16-12(17-11)18-7-9-2-1-8(6-15)5-10(9)14/h1-5H,7H2. The number of halogens is 2. The van der Waals surface area contributed by atoms with Crippen molar-refractivity contribution in [3.8, 4) is 12.1 Å². The Kier molecular flexibility index (Phi) is 3.85. The van der Waals surface area contributed by atoms with Gasteiger partial charge in [-0.05, 0) is 34.1 Å². The van der Waals surface area contributed by atoms with Gasteiger partial charge < -0.3 is 4.74 Å². The highest BCUT2D eigenvalue weighted by Crippen LogP contribution is 2.14. The fourth-order valence-electron chi connectivity index (χ4n) is 1.27. The molecule has 18 heavy (non-hydrogen) atoms. The molecule has 0 aliphatic carbocycles. The molecule has 90 valence electrons. The van der Waals surface area contributed by atoms with Crippen LogP contribution in [0.5, 0.6) is 6.01 Å². The Bertz CT molecular complexity index is 613. The number of nitriles is 1. The van der Waals surface area contributed by atoms with Gasteiger partial charge in [0.15, 0.2) is 0 Å². The van der Waals surface area contributed by atoms with Gasteiger partial charge in [0.25, 0.3) is 0 Å². The van der Waals surface area contributed by atoms with Crippen LogP contribution >= 0.6 is 15.9 Å². The summed E-state index contributed by atoms with van der Waals surface area (Å²) in [5.74, 6) is -0.482. The van der Waals surface area contributed by atoms with Crippen LogP contribution in [0.1, 0.15) is 11.1 Å². The first-order valence-corrected chi connectivity index (χ1v) is 5.78. The maximum atomic E-state index is 13.5. The Morgan fingerprint density at radius 3 is 2.89 bits per heavy atom. The lowest BCUT2D eigenvalue weighted by atomic mass is 10.1. The molecule has 0 bridgehead atoms. The van der Waals surface area contributed by atoms with Gasteiger partial charge in [0.1, 0.15) is 17.0 Å². The summed E-state index contributed by atoms with van der Waals surface area (Å²) in [7, 11) is 0. The SMILES string of the molecule is N#Cc1ccc(COc2nccc(Br)n2)c(F)c1. The molecule has 0 N–H and O–H groups in total. The summed E-state index contributed by atoms with van der Waals surface area (Å²) in [5, 5.41) is 8.62. The molecule has 1 aromatic heterocycles. The highest BCUT2D eigenvalue weighted by Gasteiger charge is 2.05. The van der Waals surface area contributed by atoms with E-state index in [1.807, 2.05) is 6.07 Å². The lowest BCUT2D eigenvalue weighted by Crippen LogP contribution is -2.01. The van der Waals surface area contributed by atoms with Crippen LogP contribution in [0, 0.1) is 17.1 Å². The first kappa shape index (κ1) is 12.5. The van der Waals surface area contributed by atoms with E-state index in [1.54, 1.807) is 6.07 Å². The summed E-state index contributed by atoms with van der Waals surface area (Å²) in [5.41, 5.74) is 0.618. The number of rotatable bonds is 3. The molecular weight excluding hydrogens is 301 g/mol. The van der Waals surface area contributed by atoms with Crippen molar-refractivity contribution in [3.05, 3.63) is 52.0 Å². The van der Waals surface area contributed by atoms with E-state index < -0.39 is 5.82 Å². The number of benzene rings is 1. The molecule has 0 amide bonds. The molecule has 1 heterocycles. The summed E-state index contributed by atoms with van der Waals surface area (Å²) in [6, 6.07) is 7.89. The molecule has 0 radical (unpaired) electrons. The van der Waals surface area contributed by atoms with Gasteiger partial charge in [0.2, 0.25) is 0 Å². The van der Waals surface area contributed by atoms with E-state index >= 15 is 0 Å². The maximum Gasteiger partial charge on any atom is 0.317 e. The number of nitrogens with zero attached hydrogens (tertiary/aromatic N) is 3. The van der Waals surface area contributed by atoms with Crippen molar-refractivity contribution in [3.63, 3.8) is 0 Å². The van der Waals surface area contributed by atoms with E-state index in [-0.39, 0.29) is 18.2 Å². The van der Waals surface area contributed by atoms with Crippen LogP contribution in [0.3, 0.4) is 0 Å². The third-order valence-electron chi connectivity index (χ3n) is 2.14. The third-order valence-corrected chi connectivity index (χ3v) is 2.58. The summed E-state index contributed by atoms with van der Waals surface area (Å²) in [6.45, 7) is 0.00793. The summed E-state index contributed by atoms with van der Waals surface area (Å²) in [6.07, 6.45) is 1.53. The third kappa shape index (κ3) is 3.02. The molecular formula is C12H7BrFN3O. The van der Waals surface area contributed by atoms with Crippen LogP contribution < -0.4 is 4.74 Å². The van der Waals surface area contributed by atoms with Gasteiger partial charge >= 0.3 is 6.01 Å². The highest BCUT2D eigenvalue weighted by molar-refractivity contribution is 9.10. The summed E-state index contributed by atoms with van der Waals surface area (Å²) in [4.78, 5) is 7.84. The molecule has 0 saturated carbocycles. The van der Waals surface area contributed by atoms with Crippen LogP contribution in [0.15, 0.2) is 35.1 Å². The Morgan fingerprint density at radius 2 is 2.22 bits per heavy atom. The topological polar surface area (TPSA) is 58.8 Å². The number of aromatic nitrogens is 2. The predicted octanol–water partition coefficient (Wildman–Crippen LogP) is 2.83. The smallest absolute Gasteiger partial charge is 0.317 e. The molecule has 1 aromatic carbocycles. The molecule has 0 unspecified atom stereocenters. The quantitative estimate of drug-likeness (QED) is 0.818. The van der Waals surface area contributed by atoms with Gasteiger partial charge in [-0.1, -0.05) is 6.07 Å². The first-order chi connectivity index (χ1) is 8.69. The van der Waals surface area contributed by atoms with Gasteiger partial charge in [0, 0.05) is 11.8 Å². The van der Waals surface area contributed by atoms with Gasteiger partial charge in [-0.3, -0.25) is 0 Å². The lowest BCUT2D eigenvalue weighted by Gasteiger charge is -2.05. The Balaban J connectivity index is 2.09. The number of hydrogen-bond donors (Lipinski definition) is 0. The zero-order valence-corrected chi connectivity index (χ0v) is 10.7. The van der Waals surface area contributed by atoms with Crippen molar-refractivity contribution in [2.45, 2.75) is 6.61 Å². The molecule has 0 saturated heterocycles.